The number of hydrogen-bond donors (Lipinski definition) is 2. The molecule has 0 atom stereocenters. The van der Waals surface area contributed by atoms with Gasteiger partial charge in [-0.2, -0.15) is 5.10 Å². The van der Waals surface area contributed by atoms with Crippen molar-refractivity contribution in [1.82, 2.24) is 20.4 Å². The van der Waals surface area contributed by atoms with Crippen LogP contribution in [0.25, 0.3) is 0 Å². The Labute approximate surface area is 86.6 Å². The summed E-state index contributed by atoms with van der Waals surface area (Å²) in [6.45, 7) is 1.92. The molecule has 82 valence electrons. The Balaban J connectivity index is 2.40. The minimum Gasteiger partial charge on any atom is -0.354 e. The molecule has 1 aromatic rings. The highest BCUT2D eigenvalue weighted by Gasteiger charge is 2.23. The first kappa shape index (κ1) is 10.1. The van der Waals surface area contributed by atoms with E-state index in [1.54, 1.807) is 4.68 Å². The fraction of sp³-hybridized carbons (Fsp3) is 0.556. The number of rotatable bonds is 1. The molecule has 0 aromatic carbocycles. The van der Waals surface area contributed by atoms with Gasteiger partial charge in [-0.15, -0.1) is 0 Å². The summed E-state index contributed by atoms with van der Waals surface area (Å²) in [5.41, 5.74) is 0.349. The van der Waals surface area contributed by atoms with E-state index in [1.807, 2.05) is 0 Å². The number of nitrogens with zero attached hydrogens (tertiary/aromatic N) is 2. The van der Waals surface area contributed by atoms with Crippen molar-refractivity contribution >= 4 is 5.91 Å². The predicted octanol–water partition coefficient (Wildman–Crippen LogP) is -0.125. The third kappa shape index (κ3) is 1.72. The largest absolute Gasteiger partial charge is 0.354 e. The molecule has 2 N–H and O–H groups in total. The summed E-state index contributed by atoms with van der Waals surface area (Å²) >= 11 is 0. The normalized spacial score (nSPS) is 15.6. The van der Waals surface area contributed by atoms with Crippen LogP contribution in [0.3, 0.4) is 0 Å². The van der Waals surface area contributed by atoms with E-state index in [-0.39, 0.29) is 5.69 Å². The van der Waals surface area contributed by atoms with Gasteiger partial charge in [-0.1, -0.05) is 0 Å². The van der Waals surface area contributed by atoms with Gasteiger partial charge < -0.3 is 10.6 Å². The first-order chi connectivity index (χ1) is 7.24. The van der Waals surface area contributed by atoms with Crippen LogP contribution in [-0.2, 0) is 13.1 Å². The highest BCUT2D eigenvalue weighted by atomic mass is 19.1. The number of carbonyl (C=O) groups excluding carboxylic acids is 1. The molecule has 0 radical (unpaired) electrons. The smallest absolute Gasteiger partial charge is 0.274 e. The summed E-state index contributed by atoms with van der Waals surface area (Å²) in [6.07, 6.45) is 0.890. The second-order valence-electron chi connectivity index (χ2n) is 3.44. The van der Waals surface area contributed by atoms with Gasteiger partial charge in [0, 0.05) is 20.1 Å². The second kappa shape index (κ2) is 3.98. The Hall–Kier alpha value is -1.43. The first-order valence-corrected chi connectivity index (χ1v) is 4.92. The maximum absolute atomic E-state index is 13.7. The van der Waals surface area contributed by atoms with Crippen LogP contribution in [-0.4, -0.2) is 29.3 Å². The molecule has 6 heteroatoms. The van der Waals surface area contributed by atoms with Crippen molar-refractivity contribution in [3.8, 4) is 0 Å². The molecule has 0 aliphatic carbocycles. The summed E-state index contributed by atoms with van der Waals surface area (Å²) in [4.78, 5) is 11.3. The number of halogens is 1. The van der Waals surface area contributed by atoms with E-state index >= 15 is 0 Å². The highest BCUT2D eigenvalue weighted by molar-refractivity contribution is 5.92. The highest BCUT2D eigenvalue weighted by Crippen LogP contribution is 2.14. The lowest BCUT2D eigenvalue weighted by atomic mass is 10.3. The SMILES string of the molecule is CNC(=O)c1nn2c(c1F)CNCCC2. The molecule has 0 bridgehead atoms. The van der Waals surface area contributed by atoms with E-state index < -0.39 is 11.7 Å². The molecule has 1 aromatic heterocycles. The Morgan fingerprint density at radius 2 is 2.47 bits per heavy atom. The summed E-state index contributed by atoms with van der Waals surface area (Å²) in [5.74, 6) is -0.989. The number of aromatic nitrogens is 2. The fourth-order valence-corrected chi connectivity index (χ4v) is 1.65. The zero-order valence-corrected chi connectivity index (χ0v) is 8.51. The minimum atomic E-state index is -0.510. The minimum absolute atomic E-state index is 0.115. The van der Waals surface area contributed by atoms with Crippen molar-refractivity contribution in [3.63, 3.8) is 0 Å². The van der Waals surface area contributed by atoms with E-state index in [0.717, 1.165) is 13.0 Å². The Bertz CT molecular complexity index is 388. The summed E-state index contributed by atoms with van der Waals surface area (Å²) in [5, 5.41) is 9.42. The Kier molecular flexibility index (Phi) is 2.68. The third-order valence-corrected chi connectivity index (χ3v) is 2.45. The second-order valence-corrected chi connectivity index (χ2v) is 3.44. The topological polar surface area (TPSA) is 59.0 Å². The molecule has 2 rings (SSSR count). The van der Waals surface area contributed by atoms with Gasteiger partial charge in [-0.05, 0) is 13.0 Å². The van der Waals surface area contributed by atoms with Gasteiger partial charge in [0.05, 0.1) is 5.69 Å². The molecular weight excluding hydrogens is 199 g/mol. The van der Waals surface area contributed by atoms with Gasteiger partial charge in [0.2, 0.25) is 0 Å². The van der Waals surface area contributed by atoms with Crippen LogP contribution in [0.4, 0.5) is 4.39 Å². The fourth-order valence-electron chi connectivity index (χ4n) is 1.65. The molecule has 0 spiro atoms. The van der Waals surface area contributed by atoms with Crippen molar-refractivity contribution in [2.24, 2.45) is 0 Å². The van der Waals surface area contributed by atoms with Crippen molar-refractivity contribution in [2.75, 3.05) is 13.6 Å². The molecule has 0 fully saturated rings. The van der Waals surface area contributed by atoms with Gasteiger partial charge in [-0.25, -0.2) is 4.39 Å². The van der Waals surface area contributed by atoms with Gasteiger partial charge >= 0.3 is 0 Å². The molecule has 0 saturated carbocycles. The molecular formula is C9H13FN4O. The molecule has 0 unspecified atom stereocenters. The number of amides is 1. The van der Waals surface area contributed by atoms with Crippen LogP contribution in [0.15, 0.2) is 0 Å². The summed E-state index contributed by atoms with van der Waals surface area (Å²) in [6, 6.07) is 0. The molecule has 0 saturated heterocycles. The molecule has 1 aliphatic heterocycles. The van der Waals surface area contributed by atoms with Crippen LogP contribution >= 0.6 is 0 Å². The maximum atomic E-state index is 13.7. The molecule has 1 aliphatic rings. The first-order valence-electron chi connectivity index (χ1n) is 4.92. The number of nitrogens with one attached hydrogen (secondary N) is 2. The zero-order valence-electron chi connectivity index (χ0n) is 8.51. The Morgan fingerprint density at radius 1 is 1.67 bits per heavy atom. The van der Waals surface area contributed by atoms with Crippen molar-refractivity contribution in [1.29, 1.82) is 0 Å². The number of fused-ring (bicyclic) bond motifs is 1. The predicted molar refractivity (Wildman–Crippen MR) is 51.9 cm³/mol. The lowest BCUT2D eigenvalue weighted by Crippen LogP contribution is -2.20. The van der Waals surface area contributed by atoms with E-state index in [4.69, 9.17) is 0 Å². The van der Waals surface area contributed by atoms with E-state index in [9.17, 15) is 9.18 Å². The van der Waals surface area contributed by atoms with Crippen LogP contribution in [0.1, 0.15) is 22.6 Å². The van der Waals surface area contributed by atoms with Gasteiger partial charge in [0.25, 0.3) is 5.91 Å². The van der Waals surface area contributed by atoms with Gasteiger partial charge in [-0.3, -0.25) is 9.48 Å². The van der Waals surface area contributed by atoms with Crippen LogP contribution < -0.4 is 10.6 Å². The van der Waals surface area contributed by atoms with Crippen molar-refractivity contribution in [2.45, 2.75) is 19.5 Å². The van der Waals surface area contributed by atoms with Crippen LogP contribution in [0, 0.1) is 5.82 Å². The monoisotopic (exact) mass is 212 g/mol. The zero-order chi connectivity index (χ0) is 10.8. The van der Waals surface area contributed by atoms with E-state index in [2.05, 4.69) is 15.7 Å². The summed E-state index contributed by atoms with van der Waals surface area (Å²) in [7, 11) is 1.46. The number of carbonyl (C=O) groups is 1. The van der Waals surface area contributed by atoms with Crippen LogP contribution in [0.2, 0.25) is 0 Å². The summed E-state index contributed by atoms with van der Waals surface area (Å²) < 4.78 is 15.3. The standard InChI is InChI=1S/C9H13FN4O/c1-11-9(15)8-7(10)6-5-12-3-2-4-14(6)13-8/h12H,2-5H2,1H3,(H,11,15). The quantitative estimate of drug-likeness (QED) is 0.682. The third-order valence-electron chi connectivity index (χ3n) is 2.45. The van der Waals surface area contributed by atoms with E-state index in [0.29, 0.717) is 18.8 Å². The van der Waals surface area contributed by atoms with Gasteiger partial charge in [0.1, 0.15) is 0 Å². The van der Waals surface area contributed by atoms with E-state index in [1.165, 1.54) is 7.05 Å². The number of aryl methyl sites for hydroxylation is 1. The molecule has 1 amide bonds. The number of hydrogen-bond acceptors (Lipinski definition) is 3. The van der Waals surface area contributed by atoms with Crippen molar-refractivity contribution in [3.05, 3.63) is 17.2 Å². The maximum Gasteiger partial charge on any atom is 0.274 e. The molecule has 5 nitrogen and oxygen atoms in total. The Morgan fingerprint density at radius 3 is 3.20 bits per heavy atom. The van der Waals surface area contributed by atoms with Crippen molar-refractivity contribution < 1.29 is 9.18 Å². The average molecular weight is 212 g/mol. The lowest BCUT2D eigenvalue weighted by Gasteiger charge is -1.98. The lowest BCUT2D eigenvalue weighted by molar-refractivity contribution is 0.0953. The van der Waals surface area contributed by atoms with Crippen LogP contribution in [0.5, 0.6) is 0 Å². The van der Waals surface area contributed by atoms with Gasteiger partial charge in [0.15, 0.2) is 11.5 Å². The molecule has 15 heavy (non-hydrogen) atoms. The molecule has 2 heterocycles. The average Bonchev–Trinajstić information content (AvgIpc) is 2.44.